The monoisotopic (exact) mass is 425 g/mol. The molecule has 0 bridgehead atoms. The van der Waals surface area contributed by atoms with Crippen LogP contribution in [0.3, 0.4) is 0 Å². The van der Waals surface area contributed by atoms with Gasteiger partial charge in [-0.2, -0.15) is 0 Å². The molecule has 2 aromatic carbocycles. The highest BCUT2D eigenvalue weighted by Crippen LogP contribution is 2.31. The lowest BCUT2D eigenvalue weighted by atomic mass is 10.2. The van der Waals surface area contributed by atoms with Gasteiger partial charge in [-0.3, -0.25) is 9.59 Å². The van der Waals surface area contributed by atoms with Crippen molar-refractivity contribution in [3.63, 3.8) is 0 Å². The summed E-state index contributed by atoms with van der Waals surface area (Å²) in [6.07, 6.45) is 2.81. The maximum absolute atomic E-state index is 12.1. The number of hydrogen-bond donors (Lipinski definition) is 2. The van der Waals surface area contributed by atoms with Crippen molar-refractivity contribution in [2.45, 2.75) is 33.1 Å². The Morgan fingerprint density at radius 3 is 2.57 bits per heavy atom. The van der Waals surface area contributed by atoms with Gasteiger partial charge < -0.3 is 15.4 Å². The Hall–Kier alpha value is -2.77. The van der Waals surface area contributed by atoms with Crippen molar-refractivity contribution in [3.8, 4) is 10.6 Å². The number of rotatable bonds is 9. The normalized spacial score (nSPS) is 10.9. The molecule has 1 heterocycles. The summed E-state index contributed by atoms with van der Waals surface area (Å²) in [5.41, 5.74) is 3.72. The number of fused-ring (bicyclic) bond motifs is 1. The molecule has 0 aliphatic rings. The molecule has 0 radical (unpaired) electrons. The molecule has 0 fully saturated rings. The van der Waals surface area contributed by atoms with Crippen LogP contribution in [0.1, 0.15) is 31.7 Å². The van der Waals surface area contributed by atoms with Gasteiger partial charge in [-0.1, -0.05) is 19.4 Å². The summed E-state index contributed by atoms with van der Waals surface area (Å²) < 4.78 is 6.58. The second-order valence-corrected chi connectivity index (χ2v) is 8.13. The number of anilines is 1. The topological polar surface area (TPSA) is 80.3 Å². The fraction of sp³-hybridized carbons (Fsp3) is 0.348. The fourth-order valence-corrected chi connectivity index (χ4v) is 3.91. The van der Waals surface area contributed by atoms with Crippen LogP contribution in [0.5, 0.6) is 0 Å². The molecule has 0 aliphatic heterocycles. The predicted molar refractivity (Wildman–Crippen MR) is 122 cm³/mol. The molecule has 0 saturated heterocycles. The van der Waals surface area contributed by atoms with E-state index in [-0.39, 0.29) is 0 Å². The Balaban J connectivity index is 1.48. The molecule has 0 spiro atoms. The first-order valence-corrected chi connectivity index (χ1v) is 11.0. The molecule has 0 aliphatic carbocycles. The van der Waals surface area contributed by atoms with E-state index in [2.05, 4.69) is 41.6 Å². The first-order valence-electron chi connectivity index (χ1n) is 10.2. The van der Waals surface area contributed by atoms with Crippen LogP contribution < -0.4 is 10.6 Å². The number of aryl methyl sites for hydroxylation is 1. The van der Waals surface area contributed by atoms with Gasteiger partial charge in [-0.15, -0.1) is 11.3 Å². The largest absolute Gasteiger partial charge is 0.381 e. The number of hydrogen-bond acceptors (Lipinski definition) is 5. The summed E-state index contributed by atoms with van der Waals surface area (Å²) >= 11 is 1.63. The van der Waals surface area contributed by atoms with Gasteiger partial charge in [0.25, 0.3) is 0 Å². The van der Waals surface area contributed by atoms with E-state index in [0.717, 1.165) is 40.2 Å². The van der Waals surface area contributed by atoms with Crippen molar-refractivity contribution in [1.82, 2.24) is 10.3 Å². The molecule has 0 unspecified atom stereocenters. The SMILES string of the molecule is CCCCOCCCNC(=O)C(=O)Nc1ccc(-c2nc3ccc(C)cc3s2)cc1. The quantitative estimate of drug-likeness (QED) is 0.390. The maximum atomic E-state index is 12.1. The van der Waals surface area contributed by atoms with Gasteiger partial charge in [0.2, 0.25) is 0 Å². The lowest BCUT2D eigenvalue weighted by Crippen LogP contribution is -2.36. The molecule has 7 heteroatoms. The average molecular weight is 426 g/mol. The summed E-state index contributed by atoms with van der Waals surface area (Å²) in [6, 6.07) is 13.5. The summed E-state index contributed by atoms with van der Waals surface area (Å²) in [7, 11) is 0. The first kappa shape index (κ1) is 21.9. The summed E-state index contributed by atoms with van der Waals surface area (Å²) in [4.78, 5) is 28.6. The van der Waals surface area contributed by atoms with Gasteiger partial charge in [0.05, 0.1) is 10.2 Å². The van der Waals surface area contributed by atoms with Crippen molar-refractivity contribution < 1.29 is 14.3 Å². The molecule has 3 rings (SSSR count). The minimum absolute atomic E-state index is 0.411. The minimum Gasteiger partial charge on any atom is -0.381 e. The first-order chi connectivity index (χ1) is 14.6. The summed E-state index contributed by atoms with van der Waals surface area (Å²) in [5, 5.41) is 6.16. The molecular formula is C23H27N3O3S. The van der Waals surface area contributed by atoms with E-state index in [9.17, 15) is 9.59 Å². The van der Waals surface area contributed by atoms with Crippen molar-refractivity contribution in [2.24, 2.45) is 0 Å². The van der Waals surface area contributed by atoms with E-state index in [0.29, 0.717) is 25.3 Å². The van der Waals surface area contributed by atoms with Gasteiger partial charge >= 0.3 is 11.8 Å². The van der Waals surface area contributed by atoms with Crippen molar-refractivity contribution in [3.05, 3.63) is 48.0 Å². The molecule has 2 N–H and O–H groups in total. The molecule has 0 saturated carbocycles. The lowest BCUT2D eigenvalue weighted by Gasteiger charge is -2.07. The van der Waals surface area contributed by atoms with Crippen molar-refractivity contribution in [2.75, 3.05) is 25.1 Å². The van der Waals surface area contributed by atoms with Gasteiger partial charge in [-0.25, -0.2) is 4.98 Å². The molecule has 0 atom stereocenters. The van der Waals surface area contributed by atoms with Gasteiger partial charge in [-0.05, 0) is 61.7 Å². The third-order valence-corrected chi connectivity index (χ3v) is 5.60. The van der Waals surface area contributed by atoms with Crippen LogP contribution >= 0.6 is 11.3 Å². The standard InChI is InChI=1S/C23H27N3O3S/c1-3-4-13-29-14-5-12-24-21(27)22(28)25-18-9-7-17(8-10-18)23-26-19-11-6-16(2)15-20(19)30-23/h6-11,15H,3-5,12-14H2,1-2H3,(H,24,27)(H,25,28). The second kappa shape index (κ2) is 10.8. The maximum Gasteiger partial charge on any atom is 0.313 e. The van der Waals surface area contributed by atoms with Crippen molar-refractivity contribution >= 4 is 39.1 Å². The number of amides is 2. The minimum atomic E-state index is -0.676. The highest BCUT2D eigenvalue weighted by atomic mass is 32.1. The van der Waals surface area contributed by atoms with E-state index in [4.69, 9.17) is 4.74 Å². The van der Waals surface area contributed by atoms with Crippen LogP contribution in [0.25, 0.3) is 20.8 Å². The summed E-state index contributed by atoms with van der Waals surface area (Å²) in [6.45, 7) is 5.89. The van der Waals surface area contributed by atoms with E-state index >= 15 is 0 Å². The Labute approximate surface area is 180 Å². The molecule has 3 aromatic rings. The number of carbonyl (C=O) groups excluding carboxylic acids is 2. The lowest BCUT2D eigenvalue weighted by molar-refractivity contribution is -0.136. The molecule has 30 heavy (non-hydrogen) atoms. The van der Waals surface area contributed by atoms with Gasteiger partial charge in [0, 0.05) is 31.0 Å². The Bertz CT molecular complexity index is 999. The van der Waals surface area contributed by atoms with E-state index < -0.39 is 11.8 Å². The van der Waals surface area contributed by atoms with Crippen LogP contribution in [0, 0.1) is 6.92 Å². The number of nitrogens with zero attached hydrogens (tertiary/aromatic N) is 1. The summed E-state index contributed by atoms with van der Waals surface area (Å²) in [5.74, 6) is -1.32. The fourth-order valence-electron chi connectivity index (χ4n) is 2.84. The van der Waals surface area contributed by atoms with Crippen LogP contribution in [0.2, 0.25) is 0 Å². The highest BCUT2D eigenvalue weighted by Gasteiger charge is 2.13. The van der Waals surface area contributed by atoms with Crippen LogP contribution in [-0.4, -0.2) is 36.6 Å². The van der Waals surface area contributed by atoms with Crippen molar-refractivity contribution in [1.29, 1.82) is 0 Å². The highest BCUT2D eigenvalue weighted by molar-refractivity contribution is 7.21. The van der Waals surface area contributed by atoms with Crippen LogP contribution in [-0.2, 0) is 14.3 Å². The molecule has 6 nitrogen and oxygen atoms in total. The zero-order chi connectivity index (χ0) is 21.3. The molecular weight excluding hydrogens is 398 g/mol. The Morgan fingerprint density at radius 2 is 1.80 bits per heavy atom. The number of benzene rings is 2. The predicted octanol–water partition coefficient (Wildman–Crippen LogP) is 4.53. The third-order valence-electron chi connectivity index (χ3n) is 4.53. The zero-order valence-electron chi connectivity index (χ0n) is 17.4. The third kappa shape index (κ3) is 6.11. The average Bonchev–Trinajstić information content (AvgIpc) is 3.16. The van der Waals surface area contributed by atoms with Gasteiger partial charge in [0.1, 0.15) is 5.01 Å². The number of unbranched alkanes of at least 4 members (excludes halogenated alkanes) is 1. The number of ether oxygens (including phenoxy) is 1. The number of carbonyl (C=O) groups is 2. The van der Waals surface area contributed by atoms with Gasteiger partial charge in [0.15, 0.2) is 0 Å². The van der Waals surface area contributed by atoms with E-state index in [1.54, 1.807) is 23.5 Å². The molecule has 1 aromatic heterocycles. The second-order valence-electron chi connectivity index (χ2n) is 7.10. The molecule has 158 valence electrons. The number of aromatic nitrogens is 1. The van der Waals surface area contributed by atoms with Crippen LogP contribution in [0.4, 0.5) is 5.69 Å². The van der Waals surface area contributed by atoms with E-state index in [1.165, 1.54) is 5.56 Å². The van der Waals surface area contributed by atoms with E-state index in [1.807, 2.05) is 18.2 Å². The zero-order valence-corrected chi connectivity index (χ0v) is 18.2. The number of nitrogens with one attached hydrogen (secondary N) is 2. The Kier molecular flexibility index (Phi) is 7.93. The molecule has 2 amide bonds. The van der Waals surface area contributed by atoms with Crippen LogP contribution in [0.15, 0.2) is 42.5 Å². The smallest absolute Gasteiger partial charge is 0.313 e. The Morgan fingerprint density at radius 1 is 1.03 bits per heavy atom. The number of thiazole rings is 1.